The summed E-state index contributed by atoms with van der Waals surface area (Å²) in [6.45, 7) is 8.53. The number of aryl methyl sites for hydroxylation is 1. The summed E-state index contributed by atoms with van der Waals surface area (Å²) < 4.78 is 1.92. The molecule has 0 saturated carbocycles. The Kier molecular flexibility index (Phi) is 8.99. The Balaban J connectivity index is 1.72. The molecule has 2 aromatic carbocycles. The average Bonchev–Trinajstić information content (AvgIpc) is 3.20. The largest absolute Gasteiger partial charge is 0.342 e. The van der Waals surface area contributed by atoms with Gasteiger partial charge in [0.05, 0.1) is 21.8 Å². The number of nitrogens with zero attached hydrogens (tertiary/aromatic N) is 3. The maximum Gasteiger partial charge on any atom is 0.251 e. The van der Waals surface area contributed by atoms with Gasteiger partial charge in [-0.2, -0.15) is 0 Å². The van der Waals surface area contributed by atoms with E-state index < -0.39 is 0 Å². The Labute approximate surface area is 213 Å². The quantitative estimate of drug-likeness (QED) is 0.350. The van der Waals surface area contributed by atoms with Crippen molar-refractivity contribution in [2.75, 3.05) is 11.1 Å². The van der Waals surface area contributed by atoms with Crippen LogP contribution >= 0.6 is 35.0 Å². The Morgan fingerprint density at radius 3 is 2.50 bits per heavy atom. The summed E-state index contributed by atoms with van der Waals surface area (Å²) in [6.07, 6.45) is 0. The molecule has 2 amide bonds. The molecular formula is C24H27Cl2N5O2S. The lowest BCUT2D eigenvalue weighted by molar-refractivity contribution is -0.113. The number of halogens is 2. The van der Waals surface area contributed by atoms with Crippen LogP contribution in [0.1, 0.15) is 48.6 Å². The predicted molar refractivity (Wildman–Crippen MR) is 138 cm³/mol. The van der Waals surface area contributed by atoms with E-state index in [1.807, 2.05) is 56.5 Å². The van der Waals surface area contributed by atoms with Gasteiger partial charge >= 0.3 is 0 Å². The third kappa shape index (κ3) is 6.52. The van der Waals surface area contributed by atoms with E-state index in [2.05, 4.69) is 20.8 Å². The molecule has 10 heteroatoms. The van der Waals surface area contributed by atoms with E-state index >= 15 is 0 Å². The van der Waals surface area contributed by atoms with E-state index in [1.54, 1.807) is 12.1 Å². The van der Waals surface area contributed by atoms with Crippen LogP contribution in [0.5, 0.6) is 0 Å². The summed E-state index contributed by atoms with van der Waals surface area (Å²) >= 11 is 13.3. The van der Waals surface area contributed by atoms with Gasteiger partial charge in [-0.1, -0.05) is 60.9 Å². The van der Waals surface area contributed by atoms with Crippen molar-refractivity contribution in [1.82, 2.24) is 20.1 Å². The fourth-order valence-corrected chi connectivity index (χ4v) is 4.48. The highest BCUT2D eigenvalue weighted by molar-refractivity contribution is 7.99. The first-order valence-electron chi connectivity index (χ1n) is 10.9. The monoisotopic (exact) mass is 519 g/mol. The number of carbonyl (C=O) groups is 2. The fourth-order valence-electron chi connectivity index (χ4n) is 3.38. The lowest BCUT2D eigenvalue weighted by atomic mass is 10.0. The molecule has 2 N–H and O–H groups in total. The number of anilines is 1. The third-order valence-corrected chi connectivity index (χ3v) is 6.81. The topological polar surface area (TPSA) is 88.9 Å². The average molecular weight is 520 g/mol. The van der Waals surface area contributed by atoms with Crippen LogP contribution in [0.15, 0.2) is 47.6 Å². The smallest absolute Gasteiger partial charge is 0.251 e. The number of thioether (sulfide) groups is 1. The Morgan fingerprint density at radius 1 is 1.09 bits per heavy atom. The zero-order valence-electron chi connectivity index (χ0n) is 19.4. The van der Waals surface area contributed by atoms with Crippen molar-refractivity contribution in [3.8, 4) is 0 Å². The fraction of sp³-hybridized carbons (Fsp3) is 0.333. The first-order chi connectivity index (χ1) is 16.2. The summed E-state index contributed by atoms with van der Waals surface area (Å²) in [7, 11) is 0. The second kappa shape index (κ2) is 11.7. The molecule has 1 atom stereocenters. The van der Waals surface area contributed by atoms with Crippen molar-refractivity contribution < 1.29 is 9.59 Å². The van der Waals surface area contributed by atoms with Gasteiger partial charge in [0.15, 0.2) is 11.0 Å². The molecule has 0 bridgehead atoms. The van der Waals surface area contributed by atoms with E-state index in [9.17, 15) is 9.59 Å². The Hall–Kier alpha value is -2.55. The number of hydrogen-bond acceptors (Lipinski definition) is 5. The molecule has 3 rings (SSSR count). The zero-order chi connectivity index (χ0) is 24.8. The second-order valence-electron chi connectivity index (χ2n) is 8.12. The van der Waals surface area contributed by atoms with Crippen molar-refractivity contribution in [3.63, 3.8) is 0 Å². The normalized spacial score (nSPS) is 12.0. The third-order valence-electron chi connectivity index (χ3n) is 5.11. The van der Waals surface area contributed by atoms with E-state index in [1.165, 1.54) is 17.8 Å². The first-order valence-corrected chi connectivity index (χ1v) is 12.6. The van der Waals surface area contributed by atoms with Crippen molar-refractivity contribution in [2.45, 2.75) is 45.4 Å². The summed E-state index contributed by atoms with van der Waals surface area (Å²) in [5.41, 5.74) is 2.24. The van der Waals surface area contributed by atoms with Gasteiger partial charge in [-0.05, 0) is 55.7 Å². The Bertz CT molecular complexity index is 1180. The Morgan fingerprint density at radius 2 is 1.85 bits per heavy atom. The molecule has 0 radical (unpaired) electrons. The van der Waals surface area contributed by atoms with Gasteiger partial charge in [-0.15, -0.1) is 10.2 Å². The molecule has 0 aliphatic rings. The molecule has 0 fully saturated rings. The van der Waals surface area contributed by atoms with Crippen molar-refractivity contribution >= 4 is 52.5 Å². The highest BCUT2D eigenvalue weighted by Crippen LogP contribution is 2.27. The lowest BCUT2D eigenvalue weighted by Crippen LogP contribution is -2.33. The van der Waals surface area contributed by atoms with Crippen molar-refractivity contribution in [2.24, 2.45) is 5.92 Å². The number of nitrogens with one attached hydrogen (secondary N) is 2. The summed E-state index contributed by atoms with van der Waals surface area (Å²) in [6, 6.07) is 12.0. The molecule has 0 saturated heterocycles. The van der Waals surface area contributed by atoms with E-state index in [-0.39, 0.29) is 29.5 Å². The number of aromatic nitrogens is 3. The molecule has 1 aromatic heterocycles. The van der Waals surface area contributed by atoms with Crippen LogP contribution in [-0.4, -0.2) is 32.3 Å². The molecule has 0 unspecified atom stereocenters. The number of rotatable bonds is 9. The van der Waals surface area contributed by atoms with Crippen LogP contribution in [0.25, 0.3) is 0 Å². The van der Waals surface area contributed by atoms with Crippen LogP contribution in [-0.2, 0) is 11.3 Å². The minimum absolute atomic E-state index is 0.0451. The molecule has 0 spiro atoms. The van der Waals surface area contributed by atoms with Gasteiger partial charge in [-0.3, -0.25) is 9.59 Å². The zero-order valence-corrected chi connectivity index (χ0v) is 21.8. The van der Waals surface area contributed by atoms with Gasteiger partial charge in [-0.25, -0.2) is 0 Å². The molecule has 7 nitrogen and oxygen atoms in total. The van der Waals surface area contributed by atoms with Gasteiger partial charge in [0.2, 0.25) is 5.91 Å². The number of benzene rings is 2. The molecule has 180 valence electrons. The van der Waals surface area contributed by atoms with Crippen LogP contribution in [0, 0.1) is 12.8 Å². The molecule has 34 heavy (non-hydrogen) atoms. The highest BCUT2D eigenvalue weighted by Gasteiger charge is 2.26. The first kappa shape index (κ1) is 26.1. The summed E-state index contributed by atoms with van der Waals surface area (Å²) in [4.78, 5) is 25.3. The van der Waals surface area contributed by atoms with Crippen molar-refractivity contribution in [1.29, 1.82) is 0 Å². The standard InChI is InChI=1S/C24H27Cl2N5O2S/c1-5-31-22(21(14(2)3)28-23(33)16-9-10-18(25)19(26)12-16)29-30-24(31)34-13-20(32)27-17-8-6-7-15(4)11-17/h6-12,14,21H,5,13H2,1-4H3,(H,27,32)(H,28,33)/t21-/m1/s1. The number of amides is 2. The molecule has 0 aliphatic carbocycles. The number of hydrogen-bond donors (Lipinski definition) is 2. The summed E-state index contributed by atoms with van der Waals surface area (Å²) in [5, 5.41) is 15.9. The van der Waals surface area contributed by atoms with Gasteiger partial charge in [0, 0.05) is 17.8 Å². The number of carbonyl (C=O) groups excluding carboxylic acids is 2. The summed E-state index contributed by atoms with van der Waals surface area (Å²) in [5.74, 6) is 0.454. The van der Waals surface area contributed by atoms with E-state index in [4.69, 9.17) is 23.2 Å². The van der Waals surface area contributed by atoms with Gasteiger partial charge < -0.3 is 15.2 Å². The van der Waals surface area contributed by atoms with Crippen molar-refractivity contribution in [3.05, 3.63) is 69.5 Å². The van der Waals surface area contributed by atoms with Crippen LogP contribution in [0.3, 0.4) is 0 Å². The maximum absolute atomic E-state index is 12.9. The maximum atomic E-state index is 12.9. The minimum Gasteiger partial charge on any atom is -0.342 e. The van der Waals surface area contributed by atoms with E-state index in [0.717, 1.165) is 11.3 Å². The molecule has 0 aliphatic heterocycles. The molecular weight excluding hydrogens is 493 g/mol. The lowest BCUT2D eigenvalue weighted by Gasteiger charge is -2.22. The van der Waals surface area contributed by atoms with Crippen LogP contribution in [0.2, 0.25) is 10.0 Å². The van der Waals surface area contributed by atoms with Crippen LogP contribution in [0.4, 0.5) is 5.69 Å². The van der Waals surface area contributed by atoms with Gasteiger partial charge in [0.25, 0.3) is 5.91 Å². The SMILES string of the molecule is CCn1c(SCC(=O)Nc2cccc(C)c2)nnc1[C@H](NC(=O)c1ccc(Cl)c(Cl)c1)C(C)C. The second-order valence-corrected chi connectivity index (χ2v) is 9.87. The molecule has 1 heterocycles. The molecule has 3 aromatic rings. The van der Waals surface area contributed by atoms with E-state index in [0.29, 0.717) is 33.1 Å². The van der Waals surface area contributed by atoms with Gasteiger partial charge in [0.1, 0.15) is 0 Å². The highest BCUT2D eigenvalue weighted by atomic mass is 35.5. The van der Waals surface area contributed by atoms with Crippen LogP contribution < -0.4 is 10.6 Å². The minimum atomic E-state index is -0.384. The predicted octanol–water partition coefficient (Wildman–Crippen LogP) is 5.77.